The fourth-order valence-corrected chi connectivity index (χ4v) is 1.95. The Balaban J connectivity index is 2.08. The summed E-state index contributed by atoms with van der Waals surface area (Å²) in [4.78, 5) is 23.3. The molecule has 0 saturated heterocycles. The van der Waals surface area contributed by atoms with Gasteiger partial charge in [0.05, 0.1) is 17.1 Å². The second kappa shape index (κ2) is 5.00. The molecule has 5 nitrogen and oxygen atoms in total. The maximum absolute atomic E-state index is 11.7. The van der Waals surface area contributed by atoms with Gasteiger partial charge in [-0.2, -0.15) is 0 Å². The molecule has 1 amide bonds. The summed E-state index contributed by atoms with van der Waals surface area (Å²) in [5.74, 6) is 0.0527. The molecule has 0 aromatic carbocycles. The van der Waals surface area contributed by atoms with Crippen molar-refractivity contribution in [3.63, 3.8) is 0 Å². The highest BCUT2D eigenvalue weighted by Gasteiger charge is 2.08. The molecule has 0 aliphatic rings. The first-order chi connectivity index (χ1) is 7.79. The van der Waals surface area contributed by atoms with Crippen LogP contribution in [0.5, 0.6) is 0 Å². The van der Waals surface area contributed by atoms with Crippen LogP contribution < -0.4 is 5.32 Å². The van der Waals surface area contributed by atoms with Gasteiger partial charge in [0.25, 0.3) is 5.91 Å². The molecule has 2 rings (SSSR count). The number of carbonyl (C=O) groups is 1. The van der Waals surface area contributed by atoms with Gasteiger partial charge in [-0.3, -0.25) is 10.1 Å². The molecular weight excluding hydrogens is 248 g/mol. The largest absolute Gasteiger partial charge is 0.298 e. The Hall–Kier alpha value is -1.53. The summed E-state index contributed by atoms with van der Waals surface area (Å²) in [6.45, 7) is 0. The Morgan fingerprint density at radius 3 is 2.81 bits per heavy atom. The van der Waals surface area contributed by atoms with E-state index in [2.05, 4.69) is 20.3 Å². The number of amides is 1. The molecule has 0 bridgehead atoms. The Labute approximate surface area is 101 Å². The minimum atomic E-state index is -0.281. The lowest BCUT2D eigenvalue weighted by atomic mass is 10.3. The monoisotopic (exact) mass is 254 g/mol. The average Bonchev–Trinajstić information content (AvgIpc) is 2.78. The van der Waals surface area contributed by atoms with E-state index in [0.29, 0.717) is 16.6 Å². The van der Waals surface area contributed by atoms with Crippen LogP contribution in [0.25, 0.3) is 0 Å². The van der Waals surface area contributed by atoms with Crippen LogP contribution in [0.1, 0.15) is 16.1 Å². The highest BCUT2D eigenvalue weighted by Crippen LogP contribution is 2.17. The first-order valence-electron chi connectivity index (χ1n) is 4.36. The fourth-order valence-electron chi connectivity index (χ4n) is 1.01. The van der Waals surface area contributed by atoms with Gasteiger partial charge >= 0.3 is 0 Å². The number of carbonyl (C=O) groups excluding carboxylic acids is 1. The second-order valence-corrected chi connectivity index (χ2v) is 3.98. The van der Waals surface area contributed by atoms with Crippen molar-refractivity contribution in [1.29, 1.82) is 0 Å². The summed E-state index contributed by atoms with van der Waals surface area (Å²) in [5, 5.41) is 4.96. The van der Waals surface area contributed by atoms with Crippen LogP contribution in [-0.4, -0.2) is 20.9 Å². The smallest absolute Gasteiger partial charge is 0.260 e. The number of halogens is 1. The van der Waals surface area contributed by atoms with Crippen molar-refractivity contribution in [2.75, 3.05) is 5.32 Å². The molecule has 0 aliphatic heterocycles. The van der Waals surface area contributed by atoms with Crippen LogP contribution >= 0.6 is 22.9 Å². The maximum Gasteiger partial charge on any atom is 0.260 e. The number of hydrogen-bond acceptors (Lipinski definition) is 5. The zero-order valence-corrected chi connectivity index (χ0v) is 9.63. The van der Waals surface area contributed by atoms with Crippen molar-refractivity contribution in [3.05, 3.63) is 35.4 Å². The molecule has 2 heterocycles. The van der Waals surface area contributed by atoms with Gasteiger partial charge < -0.3 is 0 Å². The third-order valence-corrected chi connectivity index (χ3v) is 2.81. The zero-order valence-electron chi connectivity index (χ0n) is 8.05. The predicted molar refractivity (Wildman–Crippen MR) is 61.7 cm³/mol. The number of aromatic nitrogens is 3. The number of thiazole rings is 1. The zero-order chi connectivity index (χ0) is 11.4. The van der Waals surface area contributed by atoms with Gasteiger partial charge in [-0.25, -0.2) is 15.0 Å². The van der Waals surface area contributed by atoms with Crippen LogP contribution in [0, 0.1) is 0 Å². The third kappa shape index (κ3) is 2.53. The number of alkyl halides is 1. The molecule has 82 valence electrons. The van der Waals surface area contributed by atoms with E-state index in [4.69, 9.17) is 11.6 Å². The lowest BCUT2D eigenvalue weighted by Gasteiger charge is -1.99. The molecule has 0 aliphatic carbocycles. The fraction of sp³-hybridized carbons (Fsp3) is 0.111. The van der Waals surface area contributed by atoms with E-state index in [-0.39, 0.29) is 5.91 Å². The normalized spacial score (nSPS) is 10.1. The molecule has 0 spiro atoms. The van der Waals surface area contributed by atoms with Crippen molar-refractivity contribution in [2.24, 2.45) is 0 Å². The van der Waals surface area contributed by atoms with Gasteiger partial charge in [-0.15, -0.1) is 22.9 Å². The van der Waals surface area contributed by atoms with E-state index in [0.717, 1.165) is 5.69 Å². The van der Waals surface area contributed by atoms with E-state index >= 15 is 0 Å². The summed E-state index contributed by atoms with van der Waals surface area (Å²) < 4.78 is 0. The van der Waals surface area contributed by atoms with Gasteiger partial charge in [-0.1, -0.05) is 0 Å². The molecule has 0 saturated carbocycles. The van der Waals surface area contributed by atoms with Crippen LogP contribution in [0.2, 0.25) is 0 Å². The molecule has 16 heavy (non-hydrogen) atoms. The Bertz CT molecular complexity index is 487. The number of rotatable bonds is 3. The predicted octanol–water partition coefficient (Wildman–Crippen LogP) is 1.92. The first-order valence-corrected chi connectivity index (χ1v) is 5.77. The Morgan fingerprint density at radius 1 is 1.44 bits per heavy atom. The van der Waals surface area contributed by atoms with Crippen molar-refractivity contribution in [2.45, 2.75) is 5.88 Å². The van der Waals surface area contributed by atoms with Gasteiger partial charge in [0.2, 0.25) is 0 Å². The van der Waals surface area contributed by atoms with E-state index in [1.54, 1.807) is 5.38 Å². The SMILES string of the molecule is O=C(Nc1nc(CCl)cs1)c1cncnc1. The van der Waals surface area contributed by atoms with E-state index < -0.39 is 0 Å². The molecule has 2 aromatic heterocycles. The molecule has 1 N–H and O–H groups in total. The standard InChI is InChI=1S/C9H7ClN4OS/c10-1-7-4-16-9(13-7)14-8(15)6-2-11-5-12-3-6/h2-5H,1H2,(H,13,14,15). The first kappa shape index (κ1) is 11.0. The Morgan fingerprint density at radius 2 is 2.19 bits per heavy atom. The molecule has 7 heteroatoms. The minimum Gasteiger partial charge on any atom is -0.298 e. The van der Waals surface area contributed by atoms with Gasteiger partial charge in [0, 0.05) is 17.8 Å². The average molecular weight is 255 g/mol. The molecule has 0 radical (unpaired) electrons. The summed E-state index contributed by atoms with van der Waals surface area (Å²) in [6, 6.07) is 0. The second-order valence-electron chi connectivity index (χ2n) is 2.86. The molecule has 0 unspecified atom stereocenters. The highest BCUT2D eigenvalue weighted by molar-refractivity contribution is 7.14. The lowest BCUT2D eigenvalue weighted by Crippen LogP contribution is -2.12. The number of anilines is 1. The third-order valence-electron chi connectivity index (χ3n) is 1.73. The summed E-state index contributed by atoms with van der Waals surface area (Å²) in [7, 11) is 0. The van der Waals surface area contributed by atoms with Gasteiger partial charge in [-0.05, 0) is 0 Å². The van der Waals surface area contributed by atoms with E-state index in [1.807, 2.05) is 0 Å². The molecule has 0 fully saturated rings. The van der Waals surface area contributed by atoms with Gasteiger partial charge in [0.15, 0.2) is 5.13 Å². The molecule has 2 aromatic rings. The van der Waals surface area contributed by atoms with Crippen LogP contribution in [-0.2, 0) is 5.88 Å². The van der Waals surface area contributed by atoms with Crippen LogP contribution in [0.15, 0.2) is 24.1 Å². The Kier molecular flexibility index (Phi) is 3.43. The molecule has 0 atom stereocenters. The summed E-state index contributed by atoms with van der Waals surface area (Å²) in [5.41, 5.74) is 1.14. The van der Waals surface area contributed by atoms with Crippen molar-refractivity contribution in [1.82, 2.24) is 15.0 Å². The van der Waals surface area contributed by atoms with Crippen molar-refractivity contribution >= 4 is 34.0 Å². The van der Waals surface area contributed by atoms with E-state index in [1.165, 1.54) is 30.1 Å². The highest BCUT2D eigenvalue weighted by atomic mass is 35.5. The number of nitrogens with zero attached hydrogens (tertiary/aromatic N) is 3. The number of hydrogen-bond donors (Lipinski definition) is 1. The summed E-state index contributed by atoms with van der Waals surface area (Å²) >= 11 is 6.93. The van der Waals surface area contributed by atoms with Crippen molar-refractivity contribution < 1.29 is 4.79 Å². The topological polar surface area (TPSA) is 67.8 Å². The minimum absolute atomic E-state index is 0.281. The van der Waals surface area contributed by atoms with E-state index in [9.17, 15) is 4.79 Å². The quantitative estimate of drug-likeness (QED) is 0.850. The molecular formula is C9H7ClN4OS. The van der Waals surface area contributed by atoms with Gasteiger partial charge in [0.1, 0.15) is 6.33 Å². The maximum atomic E-state index is 11.7. The van der Waals surface area contributed by atoms with Crippen LogP contribution in [0.4, 0.5) is 5.13 Å². The van der Waals surface area contributed by atoms with Crippen molar-refractivity contribution in [3.8, 4) is 0 Å². The van der Waals surface area contributed by atoms with Crippen LogP contribution in [0.3, 0.4) is 0 Å². The number of nitrogens with one attached hydrogen (secondary N) is 1. The summed E-state index contributed by atoms with van der Waals surface area (Å²) in [6.07, 6.45) is 4.25. The lowest BCUT2D eigenvalue weighted by molar-refractivity contribution is 0.102.